The summed E-state index contributed by atoms with van der Waals surface area (Å²) < 4.78 is 4.67. The zero-order valence-electron chi connectivity index (χ0n) is 6.90. The molecule has 2 amide bonds. The van der Waals surface area contributed by atoms with Crippen LogP contribution in [0.5, 0.6) is 5.75 Å². The molecule has 1 aromatic rings. The summed E-state index contributed by atoms with van der Waals surface area (Å²) in [6.45, 7) is 0. The fourth-order valence-electron chi connectivity index (χ4n) is 0.673. The summed E-state index contributed by atoms with van der Waals surface area (Å²) in [5.41, 5.74) is 0. The fraction of sp³-hybridized carbons (Fsp3) is 0. The average molecular weight is 182 g/mol. The van der Waals surface area contributed by atoms with Gasteiger partial charge in [0, 0.05) is 0 Å². The first-order chi connectivity index (χ1) is 5.83. The molecule has 1 aromatic carbocycles. The number of benzene rings is 1. The number of para-hydroxylation sites is 1. The lowest BCUT2D eigenvalue weighted by Crippen LogP contribution is -2.24. The van der Waals surface area contributed by atoms with Crippen LogP contribution in [0.15, 0.2) is 30.3 Å². The molecule has 0 saturated carbocycles. The number of carbonyl (C=O) groups is 2. The van der Waals surface area contributed by atoms with Crippen molar-refractivity contribution in [3.8, 4) is 5.75 Å². The molecule has 0 aromatic heterocycles. The van der Waals surface area contributed by atoms with Gasteiger partial charge < -0.3 is 10.9 Å². The van der Waals surface area contributed by atoms with Crippen LogP contribution in [0.4, 0.5) is 4.79 Å². The van der Waals surface area contributed by atoms with Crippen molar-refractivity contribution >= 4 is 12.5 Å². The first kappa shape index (κ1) is 11.1. The molecular weight excluding hydrogens is 172 g/mol. The molecule has 0 atom stereocenters. The van der Waals surface area contributed by atoms with Crippen LogP contribution in [-0.4, -0.2) is 12.5 Å². The molecule has 0 spiro atoms. The highest BCUT2D eigenvalue weighted by molar-refractivity contribution is 5.81. The van der Waals surface area contributed by atoms with Crippen LogP contribution < -0.4 is 16.2 Å². The lowest BCUT2D eigenvalue weighted by Gasteiger charge is -2.00. The highest BCUT2D eigenvalue weighted by Crippen LogP contribution is 2.07. The Labute approximate surface area is 75.3 Å². The van der Waals surface area contributed by atoms with Gasteiger partial charge in [0.2, 0.25) is 6.41 Å². The van der Waals surface area contributed by atoms with Gasteiger partial charge in [-0.25, -0.2) is 4.79 Å². The molecule has 4 N–H and O–H groups in total. The van der Waals surface area contributed by atoms with Crippen molar-refractivity contribution in [2.75, 3.05) is 0 Å². The normalized spacial score (nSPS) is 8.00. The predicted molar refractivity (Wildman–Crippen MR) is 46.7 cm³/mol. The summed E-state index contributed by atoms with van der Waals surface area (Å²) in [5.74, 6) is 0.400. The smallest absolute Gasteiger partial charge is 0.410 e. The molecule has 1 rings (SSSR count). The van der Waals surface area contributed by atoms with E-state index in [0.717, 1.165) is 0 Å². The zero-order valence-corrected chi connectivity index (χ0v) is 6.90. The van der Waals surface area contributed by atoms with Crippen molar-refractivity contribution in [1.82, 2.24) is 11.5 Å². The molecular formula is C8H10N2O3. The van der Waals surface area contributed by atoms with E-state index in [4.69, 9.17) is 0 Å². The van der Waals surface area contributed by atoms with Gasteiger partial charge >= 0.3 is 6.09 Å². The molecule has 0 aliphatic rings. The summed E-state index contributed by atoms with van der Waals surface area (Å²) in [4.78, 5) is 20.4. The molecule has 13 heavy (non-hydrogen) atoms. The summed E-state index contributed by atoms with van der Waals surface area (Å²) in [5, 5.41) is 1.85. The van der Waals surface area contributed by atoms with E-state index in [9.17, 15) is 9.59 Å². The van der Waals surface area contributed by atoms with Gasteiger partial charge in [-0.1, -0.05) is 18.2 Å². The zero-order chi connectivity index (χ0) is 8.81. The Bertz CT molecular complexity index is 274. The van der Waals surface area contributed by atoms with Gasteiger partial charge in [-0.3, -0.25) is 10.1 Å². The Kier molecular flexibility index (Phi) is 4.90. The van der Waals surface area contributed by atoms with E-state index in [2.05, 4.69) is 4.74 Å². The summed E-state index contributed by atoms with van der Waals surface area (Å²) in [6, 6.07) is 8.48. The van der Waals surface area contributed by atoms with E-state index in [1.165, 1.54) is 0 Å². The van der Waals surface area contributed by atoms with Gasteiger partial charge in [-0.15, -0.1) is 0 Å². The minimum atomic E-state index is -0.781. The Morgan fingerprint density at radius 3 is 2.46 bits per heavy atom. The van der Waals surface area contributed by atoms with Crippen LogP contribution in [0.2, 0.25) is 0 Å². The van der Waals surface area contributed by atoms with Gasteiger partial charge in [0.05, 0.1) is 0 Å². The molecule has 0 fully saturated rings. The Morgan fingerprint density at radius 2 is 1.92 bits per heavy atom. The molecule has 0 saturated heterocycles. The minimum Gasteiger partial charge on any atom is -0.410 e. The van der Waals surface area contributed by atoms with E-state index >= 15 is 0 Å². The van der Waals surface area contributed by atoms with Crippen LogP contribution in [0.1, 0.15) is 0 Å². The summed E-state index contributed by atoms with van der Waals surface area (Å²) in [6.07, 6.45) is -0.512. The second kappa shape index (κ2) is 5.73. The minimum absolute atomic E-state index is 0. The van der Waals surface area contributed by atoms with Crippen molar-refractivity contribution in [3.05, 3.63) is 30.3 Å². The summed E-state index contributed by atoms with van der Waals surface area (Å²) >= 11 is 0. The van der Waals surface area contributed by atoms with Crippen LogP contribution in [0, 0.1) is 0 Å². The SMILES string of the molecule is N.O=CNC(=O)Oc1ccccc1. The quantitative estimate of drug-likeness (QED) is 0.670. The third kappa shape index (κ3) is 3.88. The second-order valence-corrected chi connectivity index (χ2v) is 1.96. The molecule has 0 unspecified atom stereocenters. The lowest BCUT2D eigenvalue weighted by atomic mass is 10.3. The van der Waals surface area contributed by atoms with Crippen molar-refractivity contribution in [1.29, 1.82) is 0 Å². The Hall–Kier alpha value is -1.88. The highest BCUT2D eigenvalue weighted by atomic mass is 16.6. The van der Waals surface area contributed by atoms with Gasteiger partial charge in [-0.2, -0.15) is 0 Å². The van der Waals surface area contributed by atoms with Crippen molar-refractivity contribution < 1.29 is 14.3 Å². The third-order valence-electron chi connectivity index (χ3n) is 1.13. The number of nitrogens with one attached hydrogen (secondary N) is 1. The van der Waals surface area contributed by atoms with Crippen LogP contribution in [-0.2, 0) is 4.79 Å². The number of hydrogen-bond acceptors (Lipinski definition) is 4. The lowest BCUT2D eigenvalue weighted by molar-refractivity contribution is -0.108. The van der Waals surface area contributed by atoms with E-state index in [0.29, 0.717) is 5.75 Å². The molecule has 0 heterocycles. The first-order valence-corrected chi connectivity index (χ1v) is 3.30. The maximum Gasteiger partial charge on any atom is 0.419 e. The highest BCUT2D eigenvalue weighted by Gasteiger charge is 1.99. The average Bonchev–Trinajstić information content (AvgIpc) is 2.06. The molecule has 5 nitrogen and oxygen atoms in total. The van der Waals surface area contributed by atoms with E-state index in [-0.39, 0.29) is 12.6 Å². The van der Waals surface area contributed by atoms with E-state index in [1.54, 1.807) is 30.3 Å². The monoisotopic (exact) mass is 182 g/mol. The largest absolute Gasteiger partial charge is 0.419 e. The van der Waals surface area contributed by atoms with Crippen LogP contribution in [0.3, 0.4) is 0 Å². The van der Waals surface area contributed by atoms with E-state index < -0.39 is 6.09 Å². The number of ether oxygens (including phenoxy) is 1. The first-order valence-electron chi connectivity index (χ1n) is 3.30. The molecule has 0 bridgehead atoms. The third-order valence-corrected chi connectivity index (χ3v) is 1.13. The van der Waals surface area contributed by atoms with Crippen molar-refractivity contribution in [2.24, 2.45) is 0 Å². The predicted octanol–water partition coefficient (Wildman–Crippen LogP) is 1.09. The van der Waals surface area contributed by atoms with E-state index in [1.807, 2.05) is 5.32 Å². The van der Waals surface area contributed by atoms with Crippen LogP contribution >= 0.6 is 0 Å². The van der Waals surface area contributed by atoms with Crippen LogP contribution in [0.25, 0.3) is 0 Å². The maximum absolute atomic E-state index is 10.6. The van der Waals surface area contributed by atoms with Gasteiger partial charge in [0.1, 0.15) is 5.75 Å². The summed E-state index contributed by atoms with van der Waals surface area (Å²) in [7, 11) is 0. The van der Waals surface area contributed by atoms with Gasteiger partial charge in [0.15, 0.2) is 0 Å². The maximum atomic E-state index is 10.6. The van der Waals surface area contributed by atoms with Crippen molar-refractivity contribution in [2.45, 2.75) is 0 Å². The molecule has 5 heteroatoms. The molecule has 0 aliphatic carbocycles. The number of carbonyl (C=O) groups excluding carboxylic acids is 2. The number of imide groups is 1. The Morgan fingerprint density at radius 1 is 1.31 bits per heavy atom. The van der Waals surface area contributed by atoms with Gasteiger partial charge in [0.25, 0.3) is 0 Å². The number of amides is 2. The Balaban J connectivity index is 0.00000144. The fourth-order valence-corrected chi connectivity index (χ4v) is 0.673. The van der Waals surface area contributed by atoms with Gasteiger partial charge in [-0.05, 0) is 12.1 Å². The molecule has 70 valence electrons. The molecule has 0 aliphatic heterocycles. The number of rotatable bonds is 2. The second-order valence-electron chi connectivity index (χ2n) is 1.96. The molecule has 0 radical (unpaired) electrons. The number of hydrogen-bond donors (Lipinski definition) is 2. The standard InChI is InChI=1S/C8H7NO3.H3N/c10-6-9-8(11)12-7-4-2-1-3-5-7;/h1-6H,(H,9,10,11);1H3. The van der Waals surface area contributed by atoms with Crippen molar-refractivity contribution in [3.63, 3.8) is 0 Å². The topological polar surface area (TPSA) is 90.4 Å².